The van der Waals surface area contributed by atoms with E-state index in [4.69, 9.17) is 5.11 Å². The maximum absolute atomic E-state index is 10.5. The van der Waals surface area contributed by atoms with Gasteiger partial charge in [0.05, 0.1) is 0 Å². The van der Waals surface area contributed by atoms with E-state index in [1.807, 2.05) is 6.92 Å². The molecule has 3 nitrogen and oxygen atoms in total. The van der Waals surface area contributed by atoms with Gasteiger partial charge in [-0.3, -0.25) is 9.59 Å². The molecule has 0 atom stereocenters. The maximum Gasteiger partial charge on any atom is 0.310 e. The largest absolute Gasteiger partial charge is 0.481 e. The van der Waals surface area contributed by atoms with Gasteiger partial charge >= 0.3 is 5.97 Å². The van der Waals surface area contributed by atoms with Crippen molar-refractivity contribution in [3.05, 3.63) is 0 Å². The van der Waals surface area contributed by atoms with Gasteiger partial charge in [0.15, 0.2) is 0 Å². The molecule has 10 heavy (non-hydrogen) atoms. The van der Waals surface area contributed by atoms with Crippen molar-refractivity contribution in [3.63, 3.8) is 0 Å². The Morgan fingerprint density at radius 1 is 1.40 bits per heavy atom. The number of carbonyl (C=O) groups excluding carboxylic acids is 1. The molecule has 0 aliphatic heterocycles. The van der Waals surface area contributed by atoms with E-state index >= 15 is 0 Å². The summed E-state index contributed by atoms with van der Waals surface area (Å²) in [4.78, 5) is 20.3. The Balaban J connectivity index is 0. The van der Waals surface area contributed by atoms with Crippen LogP contribution >= 0.6 is 0 Å². The number of hydrogen-bond acceptors (Lipinski definition) is 2. The van der Waals surface area contributed by atoms with Gasteiger partial charge in [0.2, 0.25) is 0 Å². The molecule has 0 fully saturated rings. The molecule has 0 aromatic rings. The van der Waals surface area contributed by atoms with Crippen molar-refractivity contribution in [2.24, 2.45) is 0 Å². The third kappa shape index (κ3) is 7.76. The van der Waals surface area contributed by atoms with Crippen molar-refractivity contribution >= 4 is 11.8 Å². The van der Waals surface area contributed by atoms with Crippen LogP contribution in [-0.4, -0.2) is 16.9 Å². The van der Waals surface area contributed by atoms with Gasteiger partial charge in [-0.15, -0.1) is 0 Å². The Morgan fingerprint density at radius 3 is 2.20 bits per heavy atom. The summed E-state index contributed by atoms with van der Waals surface area (Å²) in [6, 6.07) is 0. The molecule has 0 heterocycles. The van der Waals surface area contributed by atoms with Gasteiger partial charge in [-0.25, -0.2) is 0 Å². The van der Waals surface area contributed by atoms with Crippen LogP contribution in [0.3, 0.4) is 0 Å². The van der Waals surface area contributed by atoms with Gasteiger partial charge < -0.3 is 5.11 Å². The Hall–Kier alpha value is -0.237. The fraction of sp³-hybridized carbons (Fsp3) is 0.667. The number of Topliss-reactive ketones (excluding diaryl/α,β-unsaturated/α-hetero) is 1. The number of ketones is 1. The van der Waals surface area contributed by atoms with Crippen LogP contribution in [0.2, 0.25) is 0 Å². The summed E-state index contributed by atoms with van der Waals surface area (Å²) < 4.78 is 0. The molecule has 60 valence electrons. The second kappa shape index (κ2) is 6.88. The molecular weight excluding hydrogens is 221 g/mol. The second-order valence-electron chi connectivity index (χ2n) is 1.86. The predicted molar refractivity (Wildman–Crippen MR) is 32.2 cm³/mol. The molecule has 0 saturated carbocycles. The summed E-state index contributed by atoms with van der Waals surface area (Å²) in [6.45, 7) is 1.85. The fourth-order valence-electron chi connectivity index (χ4n) is 0.536. The topological polar surface area (TPSA) is 54.4 Å². The van der Waals surface area contributed by atoms with E-state index in [-0.39, 0.29) is 31.7 Å². The SMILES string of the molecule is CCCC(=O)CC(=O)O.[Ru]. The molecule has 0 unspecified atom stereocenters. The van der Waals surface area contributed by atoms with Crippen LogP contribution in [0.4, 0.5) is 0 Å². The van der Waals surface area contributed by atoms with Crippen LogP contribution in [0.5, 0.6) is 0 Å². The second-order valence-corrected chi connectivity index (χ2v) is 1.86. The molecule has 0 aromatic carbocycles. The fourth-order valence-corrected chi connectivity index (χ4v) is 0.536. The first-order chi connectivity index (χ1) is 4.16. The molecule has 0 saturated heterocycles. The Kier molecular flexibility index (Phi) is 8.56. The number of carbonyl (C=O) groups is 2. The first-order valence-corrected chi connectivity index (χ1v) is 2.90. The molecule has 1 N–H and O–H groups in total. The van der Waals surface area contributed by atoms with Crippen LogP contribution in [0.15, 0.2) is 0 Å². The van der Waals surface area contributed by atoms with Crippen LogP contribution in [0, 0.1) is 0 Å². The van der Waals surface area contributed by atoms with E-state index in [2.05, 4.69) is 0 Å². The molecule has 0 spiro atoms. The van der Waals surface area contributed by atoms with E-state index in [1.54, 1.807) is 0 Å². The molecular formula is C6H10O3Ru. The number of carboxylic acid groups (broad SMARTS) is 1. The molecule has 0 aliphatic rings. The molecule has 0 rings (SSSR count). The molecule has 0 bridgehead atoms. The standard InChI is InChI=1S/C6H10O3.Ru/c1-2-3-5(7)4-6(8)9;/h2-4H2,1H3,(H,8,9);. The van der Waals surface area contributed by atoms with E-state index < -0.39 is 5.97 Å². The molecule has 0 aliphatic carbocycles. The van der Waals surface area contributed by atoms with Gasteiger partial charge in [0, 0.05) is 25.9 Å². The Morgan fingerprint density at radius 2 is 1.90 bits per heavy atom. The predicted octanol–water partition coefficient (Wildman–Crippen LogP) is 0.828. The number of aliphatic carboxylic acids is 1. The smallest absolute Gasteiger partial charge is 0.310 e. The zero-order valence-corrected chi connectivity index (χ0v) is 7.48. The zero-order valence-electron chi connectivity index (χ0n) is 5.74. The van der Waals surface area contributed by atoms with Crippen molar-refractivity contribution in [1.29, 1.82) is 0 Å². The summed E-state index contributed by atoms with van der Waals surface area (Å²) in [5, 5.41) is 8.09. The minimum Gasteiger partial charge on any atom is -0.481 e. The molecule has 0 radical (unpaired) electrons. The van der Waals surface area contributed by atoms with Crippen LogP contribution < -0.4 is 0 Å². The van der Waals surface area contributed by atoms with Crippen LogP contribution in [0.25, 0.3) is 0 Å². The van der Waals surface area contributed by atoms with Crippen molar-refractivity contribution in [3.8, 4) is 0 Å². The van der Waals surface area contributed by atoms with Crippen molar-refractivity contribution in [2.45, 2.75) is 26.2 Å². The van der Waals surface area contributed by atoms with E-state index in [9.17, 15) is 9.59 Å². The quantitative estimate of drug-likeness (QED) is 0.576. The minimum atomic E-state index is -1.03. The van der Waals surface area contributed by atoms with Crippen molar-refractivity contribution < 1.29 is 34.2 Å². The third-order valence-corrected chi connectivity index (χ3v) is 0.877. The molecule has 0 aromatic heterocycles. The van der Waals surface area contributed by atoms with Crippen LogP contribution in [0.1, 0.15) is 26.2 Å². The van der Waals surface area contributed by atoms with Gasteiger partial charge in [0.1, 0.15) is 12.2 Å². The van der Waals surface area contributed by atoms with Gasteiger partial charge in [-0.05, 0) is 6.42 Å². The van der Waals surface area contributed by atoms with Gasteiger partial charge in [-0.2, -0.15) is 0 Å². The Bertz CT molecular complexity index is 122. The van der Waals surface area contributed by atoms with Crippen molar-refractivity contribution in [1.82, 2.24) is 0 Å². The average Bonchev–Trinajstić information content (AvgIpc) is 1.63. The maximum atomic E-state index is 10.5. The number of rotatable bonds is 4. The molecule has 0 amide bonds. The summed E-state index contributed by atoms with van der Waals surface area (Å²) in [5.74, 6) is -1.22. The Labute approximate surface area is 72.6 Å². The number of hydrogen-bond donors (Lipinski definition) is 1. The summed E-state index contributed by atoms with van der Waals surface area (Å²) in [7, 11) is 0. The normalized spacial score (nSPS) is 8.10. The van der Waals surface area contributed by atoms with E-state index in [1.165, 1.54) is 0 Å². The first-order valence-electron chi connectivity index (χ1n) is 2.90. The average molecular weight is 231 g/mol. The first kappa shape index (κ1) is 12.4. The summed E-state index contributed by atoms with van der Waals surface area (Å²) in [6.07, 6.45) is 0.784. The van der Waals surface area contributed by atoms with Crippen LogP contribution in [-0.2, 0) is 29.1 Å². The minimum absolute atomic E-state index is 0. The monoisotopic (exact) mass is 232 g/mol. The summed E-state index contributed by atoms with van der Waals surface area (Å²) in [5.41, 5.74) is 0. The zero-order chi connectivity index (χ0) is 7.28. The van der Waals surface area contributed by atoms with Gasteiger partial charge in [0.25, 0.3) is 0 Å². The van der Waals surface area contributed by atoms with E-state index in [0.717, 1.165) is 6.42 Å². The third-order valence-electron chi connectivity index (χ3n) is 0.877. The number of carboxylic acids is 1. The van der Waals surface area contributed by atoms with Gasteiger partial charge in [-0.1, -0.05) is 6.92 Å². The van der Waals surface area contributed by atoms with E-state index in [0.29, 0.717) is 6.42 Å². The van der Waals surface area contributed by atoms with Crippen molar-refractivity contribution in [2.75, 3.05) is 0 Å². The summed E-state index contributed by atoms with van der Waals surface area (Å²) >= 11 is 0. The molecule has 4 heteroatoms.